The minimum atomic E-state index is -1.17. The van der Waals surface area contributed by atoms with Crippen LogP contribution >= 0.6 is 0 Å². The highest BCUT2D eigenvalue weighted by Crippen LogP contribution is 1.89. The number of amides is 3. The van der Waals surface area contributed by atoms with Gasteiger partial charge in [-0.05, 0) is 20.8 Å². The number of carbonyl (C=O) groups excluding carboxylic acids is 2. The number of hydrogen-bond donors (Lipinski definition) is 3. The number of ether oxygens (including phenoxy) is 1. The number of nitrogens with one attached hydrogen (secondary N) is 2. The van der Waals surface area contributed by atoms with Crippen LogP contribution in [0.4, 0.5) is 4.79 Å². The van der Waals surface area contributed by atoms with Crippen molar-refractivity contribution in [1.82, 2.24) is 10.6 Å². The Balaban J connectivity index is 3.83. The second kappa shape index (κ2) is 6.78. The topological polar surface area (TPSA) is 105 Å². The molecule has 92 valence electrons. The van der Waals surface area contributed by atoms with Crippen LogP contribution in [0.15, 0.2) is 0 Å². The number of hydrogen-bond acceptors (Lipinski definition) is 4. The lowest BCUT2D eigenvalue weighted by Gasteiger charge is -2.10. The van der Waals surface area contributed by atoms with Crippen LogP contribution in [-0.2, 0) is 14.3 Å². The molecule has 0 spiro atoms. The maximum atomic E-state index is 11.1. The Bertz CT molecular complexity index is 277. The predicted octanol–water partition coefficient (Wildman–Crippen LogP) is -0.290. The first kappa shape index (κ1) is 14.4. The summed E-state index contributed by atoms with van der Waals surface area (Å²) >= 11 is 0. The van der Waals surface area contributed by atoms with Crippen LogP contribution in [-0.4, -0.2) is 41.8 Å². The second-order valence-electron chi connectivity index (χ2n) is 3.47. The molecule has 0 radical (unpaired) electrons. The second-order valence-corrected chi connectivity index (χ2v) is 3.47. The number of carboxylic acid groups (broad SMARTS) is 1. The van der Waals surface area contributed by atoms with Gasteiger partial charge in [0.25, 0.3) is 5.91 Å². The molecule has 0 aliphatic rings. The highest BCUT2D eigenvalue weighted by molar-refractivity contribution is 5.95. The van der Waals surface area contributed by atoms with E-state index in [0.29, 0.717) is 0 Å². The predicted molar refractivity (Wildman–Crippen MR) is 54.9 cm³/mol. The van der Waals surface area contributed by atoms with Crippen molar-refractivity contribution < 1.29 is 24.2 Å². The normalized spacial score (nSPS) is 12.0. The molecule has 0 rings (SSSR count). The van der Waals surface area contributed by atoms with E-state index in [2.05, 4.69) is 10.1 Å². The summed E-state index contributed by atoms with van der Waals surface area (Å²) in [7, 11) is 0. The van der Waals surface area contributed by atoms with Crippen molar-refractivity contribution in [3.63, 3.8) is 0 Å². The van der Waals surface area contributed by atoms with E-state index in [-0.39, 0.29) is 6.04 Å². The molecule has 0 unspecified atom stereocenters. The van der Waals surface area contributed by atoms with Gasteiger partial charge in [0.2, 0.25) is 0 Å². The Kier molecular flexibility index (Phi) is 6.09. The van der Waals surface area contributed by atoms with Crippen LogP contribution in [0.1, 0.15) is 20.8 Å². The minimum Gasteiger partial charge on any atom is -0.479 e. The van der Waals surface area contributed by atoms with E-state index in [4.69, 9.17) is 5.11 Å². The highest BCUT2D eigenvalue weighted by Gasteiger charge is 2.14. The van der Waals surface area contributed by atoms with Crippen molar-refractivity contribution in [2.75, 3.05) is 6.61 Å². The van der Waals surface area contributed by atoms with Gasteiger partial charge in [-0.25, -0.2) is 9.59 Å². The third-order valence-corrected chi connectivity index (χ3v) is 1.48. The molecule has 0 aromatic carbocycles. The molecule has 3 N–H and O–H groups in total. The summed E-state index contributed by atoms with van der Waals surface area (Å²) in [6.45, 7) is 4.31. The van der Waals surface area contributed by atoms with Crippen LogP contribution in [0, 0.1) is 0 Å². The number of imide groups is 1. The molecule has 0 aliphatic heterocycles. The van der Waals surface area contributed by atoms with Gasteiger partial charge >= 0.3 is 12.0 Å². The molecule has 0 saturated carbocycles. The van der Waals surface area contributed by atoms with E-state index >= 15 is 0 Å². The molecule has 0 fully saturated rings. The molecule has 16 heavy (non-hydrogen) atoms. The smallest absolute Gasteiger partial charge is 0.332 e. The zero-order valence-corrected chi connectivity index (χ0v) is 9.44. The Morgan fingerprint density at radius 1 is 1.25 bits per heavy atom. The summed E-state index contributed by atoms with van der Waals surface area (Å²) in [6, 6.07) is -0.724. The van der Waals surface area contributed by atoms with Crippen LogP contribution in [0.2, 0.25) is 0 Å². The van der Waals surface area contributed by atoms with E-state index < -0.39 is 30.6 Å². The van der Waals surface area contributed by atoms with Crippen LogP contribution in [0.5, 0.6) is 0 Å². The first-order valence-corrected chi connectivity index (χ1v) is 4.77. The standard InChI is InChI=1S/C9H16N2O5/c1-5(2)10-9(15)11-7(12)4-16-6(3)8(13)14/h5-6H,4H2,1-3H3,(H,13,14)(H2,10,11,12,15)/t6-/m0/s1. The van der Waals surface area contributed by atoms with E-state index in [9.17, 15) is 14.4 Å². The number of rotatable bonds is 5. The number of carbonyl (C=O) groups is 3. The van der Waals surface area contributed by atoms with Gasteiger partial charge in [-0.3, -0.25) is 10.1 Å². The Morgan fingerprint density at radius 3 is 2.25 bits per heavy atom. The summed E-state index contributed by atoms with van der Waals surface area (Å²) in [5.74, 6) is -1.86. The molecule has 0 aromatic rings. The van der Waals surface area contributed by atoms with E-state index in [1.807, 2.05) is 5.32 Å². The molecule has 3 amide bonds. The van der Waals surface area contributed by atoms with Gasteiger partial charge in [-0.1, -0.05) is 0 Å². The lowest BCUT2D eigenvalue weighted by molar-refractivity contribution is -0.150. The van der Waals surface area contributed by atoms with Crippen molar-refractivity contribution >= 4 is 17.9 Å². The van der Waals surface area contributed by atoms with Gasteiger partial charge in [0, 0.05) is 6.04 Å². The van der Waals surface area contributed by atoms with Gasteiger partial charge in [0.15, 0.2) is 6.10 Å². The van der Waals surface area contributed by atoms with E-state index in [1.165, 1.54) is 6.92 Å². The Labute approximate surface area is 93.2 Å². The third-order valence-electron chi connectivity index (χ3n) is 1.48. The molecule has 0 bridgehead atoms. The summed E-state index contributed by atoms with van der Waals surface area (Å²) in [6.07, 6.45) is -1.08. The summed E-state index contributed by atoms with van der Waals surface area (Å²) < 4.78 is 4.68. The molecular weight excluding hydrogens is 216 g/mol. The van der Waals surface area contributed by atoms with Crippen molar-refractivity contribution in [2.24, 2.45) is 0 Å². The quantitative estimate of drug-likeness (QED) is 0.604. The minimum absolute atomic E-state index is 0.0911. The zero-order valence-electron chi connectivity index (χ0n) is 9.44. The van der Waals surface area contributed by atoms with Gasteiger partial charge in [0.05, 0.1) is 0 Å². The monoisotopic (exact) mass is 232 g/mol. The summed E-state index contributed by atoms with van der Waals surface area (Å²) in [5.41, 5.74) is 0. The SMILES string of the molecule is CC(C)NC(=O)NC(=O)CO[C@@H](C)C(=O)O. The Morgan fingerprint density at radius 2 is 1.81 bits per heavy atom. The first-order valence-electron chi connectivity index (χ1n) is 4.77. The fraction of sp³-hybridized carbons (Fsp3) is 0.667. The summed E-state index contributed by atoms with van der Waals surface area (Å²) in [4.78, 5) is 32.4. The zero-order chi connectivity index (χ0) is 12.7. The van der Waals surface area contributed by atoms with Gasteiger partial charge in [0.1, 0.15) is 6.61 Å². The maximum absolute atomic E-state index is 11.1. The van der Waals surface area contributed by atoms with Crippen molar-refractivity contribution in [3.05, 3.63) is 0 Å². The lowest BCUT2D eigenvalue weighted by Crippen LogP contribution is -2.44. The molecule has 0 aromatic heterocycles. The molecule has 0 heterocycles. The lowest BCUT2D eigenvalue weighted by atomic mass is 10.4. The third kappa shape index (κ3) is 6.77. The molecule has 1 atom stereocenters. The van der Waals surface area contributed by atoms with Gasteiger partial charge in [-0.15, -0.1) is 0 Å². The van der Waals surface area contributed by atoms with Crippen molar-refractivity contribution in [2.45, 2.75) is 32.9 Å². The fourth-order valence-electron chi connectivity index (χ4n) is 0.733. The number of carboxylic acids is 1. The van der Waals surface area contributed by atoms with Crippen molar-refractivity contribution in [1.29, 1.82) is 0 Å². The van der Waals surface area contributed by atoms with E-state index in [1.54, 1.807) is 13.8 Å². The van der Waals surface area contributed by atoms with Crippen LogP contribution in [0.25, 0.3) is 0 Å². The largest absolute Gasteiger partial charge is 0.479 e. The number of aliphatic carboxylic acids is 1. The molecule has 0 aliphatic carbocycles. The van der Waals surface area contributed by atoms with Crippen LogP contribution < -0.4 is 10.6 Å². The van der Waals surface area contributed by atoms with Crippen LogP contribution in [0.3, 0.4) is 0 Å². The average Bonchev–Trinajstić information content (AvgIpc) is 2.12. The highest BCUT2D eigenvalue weighted by atomic mass is 16.5. The Hall–Kier alpha value is -1.63. The van der Waals surface area contributed by atoms with Crippen molar-refractivity contribution in [3.8, 4) is 0 Å². The number of urea groups is 1. The van der Waals surface area contributed by atoms with Gasteiger partial charge in [-0.2, -0.15) is 0 Å². The van der Waals surface area contributed by atoms with E-state index in [0.717, 1.165) is 0 Å². The molecule has 7 nitrogen and oxygen atoms in total. The van der Waals surface area contributed by atoms with Gasteiger partial charge < -0.3 is 15.2 Å². The fourth-order valence-corrected chi connectivity index (χ4v) is 0.733. The average molecular weight is 232 g/mol. The summed E-state index contributed by atoms with van der Waals surface area (Å²) in [5, 5.41) is 12.9. The molecule has 0 saturated heterocycles. The maximum Gasteiger partial charge on any atom is 0.332 e. The molecule has 7 heteroatoms. The molecular formula is C9H16N2O5. The first-order chi connectivity index (χ1) is 7.32.